The van der Waals surface area contributed by atoms with E-state index in [4.69, 9.17) is 14.5 Å². The number of sulfone groups is 1. The van der Waals surface area contributed by atoms with Gasteiger partial charge in [-0.15, -0.1) is 0 Å². The van der Waals surface area contributed by atoms with Gasteiger partial charge in [0.2, 0.25) is 11.8 Å². The Morgan fingerprint density at radius 1 is 1.17 bits per heavy atom. The second kappa shape index (κ2) is 14.3. The van der Waals surface area contributed by atoms with E-state index in [2.05, 4.69) is 21.9 Å². The molecule has 1 aliphatic heterocycles. The van der Waals surface area contributed by atoms with Gasteiger partial charge in [0, 0.05) is 42.5 Å². The van der Waals surface area contributed by atoms with E-state index in [0.29, 0.717) is 53.2 Å². The van der Waals surface area contributed by atoms with Gasteiger partial charge in [-0.3, -0.25) is 0 Å². The number of nitrogens with one attached hydrogen (secondary N) is 1. The van der Waals surface area contributed by atoms with Crippen molar-refractivity contribution in [2.45, 2.75) is 71.3 Å². The Kier molecular flexibility index (Phi) is 10.3. The maximum atomic E-state index is 15.1. The minimum Gasteiger partial charge on any atom is -0.444 e. The van der Waals surface area contributed by atoms with Crippen LogP contribution < -0.4 is 10.1 Å². The highest BCUT2D eigenvalue weighted by Crippen LogP contribution is 2.39. The van der Waals surface area contributed by atoms with Crippen LogP contribution >= 0.6 is 0 Å². The zero-order chi connectivity index (χ0) is 34.6. The van der Waals surface area contributed by atoms with Crippen molar-refractivity contribution in [1.29, 1.82) is 0 Å². The van der Waals surface area contributed by atoms with E-state index in [9.17, 15) is 13.2 Å². The van der Waals surface area contributed by atoms with Crippen molar-refractivity contribution in [3.8, 4) is 22.9 Å². The molecule has 0 unspecified atom stereocenters. The number of halogens is 1. The summed E-state index contributed by atoms with van der Waals surface area (Å²) in [6, 6.07) is 9.90. The topological polar surface area (TPSA) is 124 Å². The van der Waals surface area contributed by atoms with Crippen LogP contribution in [-0.2, 0) is 20.3 Å². The summed E-state index contributed by atoms with van der Waals surface area (Å²) in [7, 11) is -3.51. The van der Waals surface area contributed by atoms with Crippen molar-refractivity contribution in [2.75, 3.05) is 24.2 Å². The van der Waals surface area contributed by atoms with E-state index < -0.39 is 27.0 Å². The highest BCUT2D eigenvalue weighted by atomic mass is 32.2. The summed E-state index contributed by atoms with van der Waals surface area (Å²) in [4.78, 5) is 28.2. The number of hydrogen-bond acceptors (Lipinski definition) is 9. The third-order valence-electron chi connectivity index (χ3n) is 7.93. The van der Waals surface area contributed by atoms with Gasteiger partial charge in [-0.1, -0.05) is 31.7 Å². The average Bonchev–Trinajstić information content (AvgIpc) is 3.03. The van der Waals surface area contributed by atoms with Gasteiger partial charge in [0.25, 0.3) is 0 Å². The van der Waals surface area contributed by atoms with E-state index in [-0.39, 0.29) is 29.3 Å². The lowest BCUT2D eigenvalue weighted by atomic mass is 10.0. The Balaban J connectivity index is 1.47. The van der Waals surface area contributed by atoms with Crippen molar-refractivity contribution in [1.82, 2.24) is 19.9 Å². The van der Waals surface area contributed by atoms with Gasteiger partial charge in [0.05, 0.1) is 22.8 Å². The maximum absolute atomic E-state index is 15.1. The van der Waals surface area contributed by atoms with Crippen molar-refractivity contribution in [2.24, 2.45) is 0 Å². The molecule has 5 rings (SSSR count). The van der Waals surface area contributed by atoms with Crippen molar-refractivity contribution in [3.63, 3.8) is 0 Å². The molecular formula is C36H42FN5O5S. The van der Waals surface area contributed by atoms with Crippen molar-refractivity contribution < 1.29 is 27.1 Å². The number of aromatic nitrogens is 3. The number of amides is 1. The predicted octanol–water partition coefficient (Wildman–Crippen LogP) is 7.71. The molecule has 0 bridgehead atoms. The zero-order valence-corrected chi connectivity index (χ0v) is 28.9. The van der Waals surface area contributed by atoms with E-state index in [1.807, 2.05) is 33.8 Å². The minimum atomic E-state index is -3.51. The molecule has 1 aliphatic rings. The number of nitrogens with zero attached hydrogens (tertiary/aromatic N) is 4. The summed E-state index contributed by atoms with van der Waals surface area (Å²) in [6.45, 7) is 14.1. The lowest BCUT2D eigenvalue weighted by Gasteiger charge is -2.34. The van der Waals surface area contributed by atoms with Gasteiger partial charge in [-0.2, -0.15) is 0 Å². The number of benzene rings is 2. The van der Waals surface area contributed by atoms with Gasteiger partial charge in [-0.25, -0.2) is 32.6 Å². The average molecular weight is 676 g/mol. The SMILES string of the molecule is C=Cc1cnc(Oc2c(C)ccc3c(CS(=O)(=O)CCC)c(F)ccc23)c(-c2ccnc(N[C@H]3CCCN(C(=O)OC(C)(C)C)C3)n2)c1. The van der Waals surface area contributed by atoms with Crippen LogP contribution in [-0.4, -0.2) is 64.8 Å². The first-order valence-corrected chi connectivity index (χ1v) is 17.9. The molecule has 2 aromatic carbocycles. The number of hydrogen-bond donors (Lipinski definition) is 1. The minimum absolute atomic E-state index is 0.0283. The summed E-state index contributed by atoms with van der Waals surface area (Å²) < 4.78 is 52.5. The monoisotopic (exact) mass is 675 g/mol. The fourth-order valence-corrected chi connectivity index (χ4v) is 7.20. The van der Waals surface area contributed by atoms with Crippen LogP contribution in [0.5, 0.6) is 11.6 Å². The van der Waals surface area contributed by atoms with E-state index >= 15 is 4.39 Å². The molecule has 2 aromatic heterocycles. The molecule has 0 radical (unpaired) electrons. The molecule has 1 saturated heterocycles. The molecule has 1 atom stereocenters. The second-order valence-electron chi connectivity index (χ2n) is 13.0. The fourth-order valence-electron chi connectivity index (χ4n) is 5.70. The number of carbonyl (C=O) groups excluding carboxylic acids is 1. The Labute approximate surface area is 281 Å². The quantitative estimate of drug-likeness (QED) is 0.180. The molecule has 0 aliphatic carbocycles. The van der Waals surface area contributed by atoms with Crippen LogP contribution in [0.25, 0.3) is 28.1 Å². The number of pyridine rings is 1. The Hall–Kier alpha value is -4.58. The molecule has 48 heavy (non-hydrogen) atoms. The molecule has 254 valence electrons. The Morgan fingerprint density at radius 3 is 2.67 bits per heavy atom. The van der Waals surface area contributed by atoms with Crippen LogP contribution in [0.3, 0.4) is 0 Å². The Bertz CT molecular complexity index is 1940. The van der Waals surface area contributed by atoms with Crippen LogP contribution in [0.4, 0.5) is 15.1 Å². The smallest absolute Gasteiger partial charge is 0.410 e. The van der Waals surface area contributed by atoms with E-state index in [1.165, 1.54) is 6.07 Å². The number of likely N-dealkylation sites (tertiary alicyclic amines) is 1. The lowest BCUT2D eigenvalue weighted by Crippen LogP contribution is -2.47. The first kappa shape index (κ1) is 34.7. The largest absolute Gasteiger partial charge is 0.444 e. The summed E-state index contributed by atoms with van der Waals surface area (Å²) in [5.41, 5.74) is 2.14. The molecule has 10 nitrogen and oxygen atoms in total. The van der Waals surface area contributed by atoms with Gasteiger partial charge < -0.3 is 19.7 Å². The number of aryl methyl sites for hydroxylation is 1. The summed E-state index contributed by atoms with van der Waals surface area (Å²) in [5, 5.41) is 4.40. The third-order valence-corrected chi connectivity index (χ3v) is 9.69. The molecular weight excluding hydrogens is 633 g/mol. The second-order valence-corrected chi connectivity index (χ2v) is 15.2. The summed E-state index contributed by atoms with van der Waals surface area (Å²) in [5.74, 6) is 0.0433. The molecule has 12 heteroatoms. The first-order chi connectivity index (χ1) is 22.8. The molecule has 4 aromatic rings. The normalized spacial score (nSPS) is 15.3. The molecule has 1 amide bonds. The molecule has 3 heterocycles. The number of rotatable bonds is 10. The van der Waals surface area contributed by atoms with Crippen LogP contribution in [0.1, 0.15) is 63.6 Å². The number of piperidine rings is 1. The number of ether oxygens (including phenoxy) is 2. The lowest BCUT2D eigenvalue weighted by molar-refractivity contribution is 0.0206. The highest BCUT2D eigenvalue weighted by Gasteiger charge is 2.28. The summed E-state index contributed by atoms with van der Waals surface area (Å²) in [6.07, 6.45) is 6.67. The fraction of sp³-hybridized carbons (Fsp3) is 0.389. The number of anilines is 1. The molecule has 1 N–H and O–H groups in total. The van der Waals surface area contributed by atoms with Crippen LogP contribution in [0.15, 0.2) is 55.4 Å². The molecule has 0 spiro atoms. The van der Waals surface area contributed by atoms with Crippen LogP contribution in [0, 0.1) is 12.7 Å². The van der Waals surface area contributed by atoms with Gasteiger partial charge >= 0.3 is 6.09 Å². The standard InChI is InChI=1S/C36H42FN5O5S/c1-7-18-48(44,45)22-29-26-12-11-23(3)32(27(26)13-14-30(29)37)46-33-28(19-24(8-2)20-39-33)31-15-16-38-34(41-31)40-25-10-9-17-42(21-25)35(43)47-36(4,5)6/h8,11-16,19-20,25H,2,7,9-10,17-18,21-22H2,1,3-6H3,(H,38,40,41)/t25-/m0/s1. The van der Waals surface area contributed by atoms with Gasteiger partial charge in [0.15, 0.2) is 9.84 Å². The number of carbonyl (C=O) groups is 1. The first-order valence-electron chi connectivity index (χ1n) is 16.1. The van der Waals surface area contributed by atoms with Gasteiger partial charge in [0.1, 0.15) is 17.2 Å². The third kappa shape index (κ3) is 8.28. The van der Waals surface area contributed by atoms with Crippen molar-refractivity contribution in [3.05, 3.63) is 77.9 Å². The predicted molar refractivity (Wildman–Crippen MR) is 186 cm³/mol. The van der Waals surface area contributed by atoms with Crippen LogP contribution in [0.2, 0.25) is 0 Å². The number of fused-ring (bicyclic) bond motifs is 1. The Morgan fingerprint density at radius 2 is 1.94 bits per heavy atom. The molecule has 1 fully saturated rings. The van der Waals surface area contributed by atoms with Crippen molar-refractivity contribution >= 4 is 38.7 Å². The van der Waals surface area contributed by atoms with E-state index in [0.717, 1.165) is 24.0 Å². The highest BCUT2D eigenvalue weighted by molar-refractivity contribution is 7.90. The van der Waals surface area contributed by atoms with Gasteiger partial charge in [-0.05, 0) is 87.7 Å². The summed E-state index contributed by atoms with van der Waals surface area (Å²) >= 11 is 0. The molecule has 0 saturated carbocycles. The zero-order valence-electron chi connectivity index (χ0n) is 28.0. The van der Waals surface area contributed by atoms with E-state index in [1.54, 1.807) is 54.6 Å². The maximum Gasteiger partial charge on any atom is 0.410 e.